The molecule has 2 heterocycles. The molecule has 1 unspecified atom stereocenters. The number of rotatable bonds is 12. The summed E-state index contributed by atoms with van der Waals surface area (Å²) in [6.07, 6.45) is 1.73. The fraction of sp³-hybridized carbons (Fsp3) is 0.324. The van der Waals surface area contributed by atoms with Crippen molar-refractivity contribution in [1.82, 2.24) is 4.98 Å². The summed E-state index contributed by atoms with van der Waals surface area (Å²) >= 11 is 1.26. The van der Waals surface area contributed by atoms with Crippen molar-refractivity contribution in [3.63, 3.8) is 0 Å². The minimum atomic E-state index is -0.980. The monoisotopic (exact) mass is 616 g/mol. The van der Waals surface area contributed by atoms with Crippen molar-refractivity contribution < 1.29 is 33.6 Å². The highest BCUT2D eigenvalue weighted by molar-refractivity contribution is 7.22. The number of ether oxygens (including phenoxy) is 4. The summed E-state index contributed by atoms with van der Waals surface area (Å²) in [5, 5.41) is 11.9. The van der Waals surface area contributed by atoms with Gasteiger partial charge in [-0.15, -0.1) is 0 Å². The Morgan fingerprint density at radius 2 is 1.68 bits per heavy atom. The maximum atomic E-state index is 13.7. The normalized spacial score (nSPS) is 16.1. The van der Waals surface area contributed by atoms with E-state index in [9.17, 15) is 14.7 Å². The van der Waals surface area contributed by atoms with Crippen LogP contribution in [0, 0.1) is 5.92 Å². The number of methoxy groups -OCH3 is 2. The third-order valence-electron chi connectivity index (χ3n) is 7.29. The third kappa shape index (κ3) is 6.21. The summed E-state index contributed by atoms with van der Waals surface area (Å²) in [6.45, 7) is 7.33. The topological polar surface area (TPSA) is 107 Å². The number of fused-ring (bicyclic) bond motifs is 1. The average molecular weight is 617 g/mol. The molecule has 0 radical (unpaired) electrons. The van der Waals surface area contributed by atoms with E-state index in [1.165, 1.54) is 23.3 Å². The number of aliphatic hydroxyl groups excluding tert-OH is 1. The number of amides is 1. The van der Waals surface area contributed by atoms with Gasteiger partial charge in [0, 0.05) is 5.56 Å². The Kier molecular flexibility index (Phi) is 9.39. The number of hydrogen-bond donors (Lipinski definition) is 1. The molecule has 44 heavy (non-hydrogen) atoms. The molecule has 0 saturated carbocycles. The fourth-order valence-corrected chi connectivity index (χ4v) is 5.95. The number of Topliss-reactive ketones (excluding diaryl/α,β-unsaturated/α-hetero) is 1. The molecule has 1 aliphatic rings. The van der Waals surface area contributed by atoms with E-state index in [4.69, 9.17) is 23.9 Å². The lowest BCUT2D eigenvalue weighted by molar-refractivity contribution is -0.132. The number of carbonyl (C=O) groups is 2. The lowest BCUT2D eigenvalue weighted by Crippen LogP contribution is -2.29. The first-order valence-corrected chi connectivity index (χ1v) is 15.4. The molecule has 1 saturated heterocycles. The van der Waals surface area contributed by atoms with Crippen LogP contribution in [-0.2, 0) is 9.59 Å². The minimum Gasteiger partial charge on any atom is -0.507 e. The van der Waals surface area contributed by atoms with Crippen LogP contribution in [0.2, 0.25) is 0 Å². The molecule has 230 valence electrons. The minimum absolute atomic E-state index is 0.0513. The third-order valence-corrected chi connectivity index (χ3v) is 8.31. The number of aromatic nitrogens is 1. The van der Waals surface area contributed by atoms with Crippen molar-refractivity contribution in [3.8, 4) is 23.0 Å². The van der Waals surface area contributed by atoms with Crippen LogP contribution in [0.25, 0.3) is 16.0 Å². The summed E-state index contributed by atoms with van der Waals surface area (Å²) in [4.78, 5) is 33.5. The molecule has 0 spiro atoms. The number of nitrogens with zero attached hydrogens (tertiary/aromatic N) is 2. The molecule has 1 fully saturated rings. The maximum Gasteiger partial charge on any atom is 0.301 e. The quantitative estimate of drug-likeness (QED) is 0.102. The molecule has 4 aromatic rings. The second-order valence-corrected chi connectivity index (χ2v) is 11.8. The van der Waals surface area contributed by atoms with Crippen molar-refractivity contribution in [2.75, 3.05) is 32.3 Å². The number of carbonyl (C=O) groups excluding carboxylic acids is 2. The van der Waals surface area contributed by atoms with Crippen LogP contribution >= 0.6 is 11.3 Å². The first-order valence-electron chi connectivity index (χ1n) is 14.5. The van der Waals surface area contributed by atoms with Gasteiger partial charge in [-0.05, 0) is 78.9 Å². The van der Waals surface area contributed by atoms with E-state index in [-0.39, 0.29) is 11.3 Å². The van der Waals surface area contributed by atoms with Gasteiger partial charge in [-0.25, -0.2) is 4.98 Å². The highest BCUT2D eigenvalue weighted by Gasteiger charge is 2.48. The van der Waals surface area contributed by atoms with E-state index in [1.807, 2.05) is 13.0 Å². The Bertz CT molecular complexity index is 1690. The van der Waals surface area contributed by atoms with Crippen LogP contribution in [0.3, 0.4) is 0 Å². The van der Waals surface area contributed by atoms with Crippen LogP contribution in [0.15, 0.2) is 66.2 Å². The van der Waals surface area contributed by atoms with Gasteiger partial charge in [0.05, 0.1) is 49.3 Å². The Balaban J connectivity index is 1.63. The molecule has 1 amide bonds. The van der Waals surface area contributed by atoms with E-state index in [0.717, 1.165) is 17.5 Å². The number of ketones is 1. The van der Waals surface area contributed by atoms with Crippen LogP contribution < -0.4 is 23.8 Å². The Morgan fingerprint density at radius 1 is 0.932 bits per heavy atom. The molecule has 1 aliphatic heterocycles. The van der Waals surface area contributed by atoms with Crippen LogP contribution in [0.4, 0.5) is 5.13 Å². The van der Waals surface area contributed by atoms with Crippen molar-refractivity contribution >= 4 is 44.1 Å². The van der Waals surface area contributed by atoms with Crippen LogP contribution in [-0.4, -0.2) is 49.2 Å². The zero-order valence-electron chi connectivity index (χ0n) is 25.5. The van der Waals surface area contributed by atoms with E-state index in [1.54, 1.807) is 61.7 Å². The fourth-order valence-electron chi connectivity index (χ4n) is 4.93. The standard InChI is InChI=1S/C34H36N2O7S/c1-6-16-42-23-10-7-21(8-11-23)31(37)29-30(22-9-14-26(27(18-22)41-5)43-17-15-20(2)3)36(33(39)32(29)38)34-35-25-13-12-24(40-4)19-28(25)44-34/h7-14,18-20,30,37H,6,15-17H2,1-5H3. The van der Waals surface area contributed by atoms with Crippen molar-refractivity contribution in [2.45, 2.75) is 39.7 Å². The van der Waals surface area contributed by atoms with E-state index >= 15 is 0 Å². The maximum absolute atomic E-state index is 13.7. The predicted octanol–water partition coefficient (Wildman–Crippen LogP) is 7.15. The van der Waals surface area contributed by atoms with Gasteiger partial charge in [0.1, 0.15) is 17.3 Å². The van der Waals surface area contributed by atoms with Gasteiger partial charge < -0.3 is 24.1 Å². The molecule has 3 aromatic carbocycles. The summed E-state index contributed by atoms with van der Waals surface area (Å²) in [6, 6.07) is 16.5. The van der Waals surface area contributed by atoms with Gasteiger partial charge in [-0.1, -0.05) is 38.2 Å². The lowest BCUT2D eigenvalue weighted by Gasteiger charge is -2.24. The average Bonchev–Trinajstić information content (AvgIpc) is 3.57. The molecule has 5 rings (SSSR count). The molecule has 0 bridgehead atoms. The molecule has 1 atom stereocenters. The van der Waals surface area contributed by atoms with Crippen molar-refractivity contribution in [1.29, 1.82) is 0 Å². The summed E-state index contributed by atoms with van der Waals surface area (Å²) < 4.78 is 23.5. The predicted molar refractivity (Wildman–Crippen MR) is 171 cm³/mol. The van der Waals surface area contributed by atoms with E-state index in [0.29, 0.717) is 63.9 Å². The Hall–Kier alpha value is -4.57. The molecule has 9 nitrogen and oxygen atoms in total. The molecular formula is C34H36N2O7S. The van der Waals surface area contributed by atoms with Crippen molar-refractivity contribution in [3.05, 3.63) is 77.4 Å². The Labute approximate surface area is 260 Å². The number of aliphatic hydroxyl groups is 1. The number of hydrogen-bond acceptors (Lipinski definition) is 9. The second kappa shape index (κ2) is 13.4. The first kappa shape index (κ1) is 30.9. The molecule has 10 heteroatoms. The summed E-state index contributed by atoms with van der Waals surface area (Å²) in [5.41, 5.74) is 1.54. The zero-order valence-corrected chi connectivity index (χ0v) is 26.3. The molecular weight excluding hydrogens is 580 g/mol. The molecule has 1 N–H and O–H groups in total. The number of anilines is 1. The SMILES string of the molecule is CCCOc1ccc(C(O)=C2C(=O)C(=O)N(c3nc4ccc(OC)cc4s3)C2c2ccc(OCCC(C)C)c(OC)c2)cc1. The van der Waals surface area contributed by atoms with Gasteiger partial charge in [0.15, 0.2) is 16.6 Å². The molecule has 0 aliphatic carbocycles. The largest absolute Gasteiger partial charge is 0.507 e. The first-order chi connectivity index (χ1) is 21.2. The van der Waals surface area contributed by atoms with E-state index in [2.05, 4.69) is 13.8 Å². The summed E-state index contributed by atoms with van der Waals surface area (Å²) in [7, 11) is 3.11. The second-order valence-electron chi connectivity index (χ2n) is 10.8. The van der Waals surface area contributed by atoms with Gasteiger partial charge >= 0.3 is 5.91 Å². The lowest BCUT2D eigenvalue weighted by atomic mass is 9.95. The smallest absolute Gasteiger partial charge is 0.301 e. The molecule has 1 aromatic heterocycles. The highest BCUT2D eigenvalue weighted by Crippen LogP contribution is 2.46. The van der Waals surface area contributed by atoms with Crippen LogP contribution in [0.5, 0.6) is 23.0 Å². The highest BCUT2D eigenvalue weighted by atomic mass is 32.1. The number of benzene rings is 3. The van der Waals surface area contributed by atoms with Gasteiger partial charge in [-0.2, -0.15) is 0 Å². The van der Waals surface area contributed by atoms with Crippen molar-refractivity contribution in [2.24, 2.45) is 5.92 Å². The van der Waals surface area contributed by atoms with Gasteiger partial charge in [0.25, 0.3) is 5.78 Å². The van der Waals surface area contributed by atoms with Crippen LogP contribution in [0.1, 0.15) is 50.8 Å². The Morgan fingerprint density at radius 3 is 2.36 bits per heavy atom. The number of thiazole rings is 1. The van der Waals surface area contributed by atoms with E-state index < -0.39 is 17.7 Å². The summed E-state index contributed by atoms with van der Waals surface area (Å²) in [5.74, 6) is 0.858. The zero-order chi connectivity index (χ0) is 31.4. The van der Waals surface area contributed by atoms with Gasteiger partial charge in [-0.3, -0.25) is 14.5 Å². The van der Waals surface area contributed by atoms with Gasteiger partial charge in [0.2, 0.25) is 0 Å².